The number of ether oxygens (including phenoxy) is 1. The van der Waals surface area contributed by atoms with E-state index < -0.39 is 0 Å². The normalized spacial score (nSPS) is 14.1. The van der Waals surface area contributed by atoms with Crippen molar-refractivity contribution in [3.8, 4) is 11.3 Å². The van der Waals surface area contributed by atoms with Crippen molar-refractivity contribution in [1.82, 2.24) is 25.1 Å². The predicted molar refractivity (Wildman–Crippen MR) is 139 cm³/mol. The fraction of sp³-hybridized carbons (Fsp3) is 0.385. The van der Waals surface area contributed by atoms with E-state index in [4.69, 9.17) is 9.72 Å². The highest BCUT2D eigenvalue weighted by atomic mass is 32.1. The zero-order chi connectivity index (χ0) is 24.5. The van der Waals surface area contributed by atoms with E-state index in [0.29, 0.717) is 25.3 Å². The molecule has 4 aromatic rings. The van der Waals surface area contributed by atoms with Gasteiger partial charge in [0, 0.05) is 47.2 Å². The number of aryl methyl sites for hydroxylation is 2. The van der Waals surface area contributed by atoms with Crippen LogP contribution in [0.5, 0.6) is 0 Å². The number of anilines is 1. The molecular weight excluding hydrogens is 460 g/mol. The summed E-state index contributed by atoms with van der Waals surface area (Å²) in [7, 11) is 0. The third-order valence-corrected chi connectivity index (χ3v) is 7.18. The first-order valence-corrected chi connectivity index (χ1v) is 12.7. The van der Waals surface area contributed by atoms with E-state index in [1.807, 2.05) is 22.9 Å². The highest BCUT2D eigenvalue weighted by molar-refractivity contribution is 7.12. The lowest BCUT2D eigenvalue weighted by atomic mass is 10.1. The molecule has 0 saturated carbocycles. The van der Waals surface area contributed by atoms with E-state index in [-0.39, 0.29) is 11.9 Å². The molecule has 0 aliphatic carbocycles. The summed E-state index contributed by atoms with van der Waals surface area (Å²) in [5.74, 6) is 0.770. The highest BCUT2D eigenvalue weighted by Gasteiger charge is 2.20. The van der Waals surface area contributed by atoms with Crippen molar-refractivity contribution < 1.29 is 9.53 Å². The average molecular weight is 491 g/mol. The maximum absolute atomic E-state index is 13.5. The van der Waals surface area contributed by atoms with Gasteiger partial charge < -0.3 is 15.0 Å². The number of nitrogens with zero attached hydrogens (tertiary/aromatic N) is 5. The summed E-state index contributed by atoms with van der Waals surface area (Å²) >= 11 is 1.74. The van der Waals surface area contributed by atoms with E-state index in [9.17, 15) is 4.79 Å². The van der Waals surface area contributed by atoms with Gasteiger partial charge in [-0.2, -0.15) is 5.10 Å². The molecule has 5 heterocycles. The average Bonchev–Trinajstić information content (AvgIpc) is 3.45. The molecule has 0 aromatic carbocycles. The first kappa shape index (κ1) is 23.4. The minimum Gasteiger partial charge on any atom is -0.378 e. The molecule has 0 unspecified atom stereocenters. The smallest absolute Gasteiger partial charge is 0.252 e. The van der Waals surface area contributed by atoms with Gasteiger partial charge >= 0.3 is 0 Å². The minimum atomic E-state index is -0.142. The van der Waals surface area contributed by atoms with Gasteiger partial charge in [0.05, 0.1) is 36.1 Å². The van der Waals surface area contributed by atoms with Crippen LogP contribution >= 0.6 is 11.3 Å². The van der Waals surface area contributed by atoms with Gasteiger partial charge in [-0.3, -0.25) is 4.79 Å². The number of aromatic nitrogens is 4. The summed E-state index contributed by atoms with van der Waals surface area (Å²) < 4.78 is 7.32. The van der Waals surface area contributed by atoms with Gasteiger partial charge in [0.2, 0.25) is 0 Å². The zero-order valence-corrected chi connectivity index (χ0v) is 21.4. The molecule has 1 N–H and O–H groups in total. The van der Waals surface area contributed by atoms with Crippen molar-refractivity contribution in [2.45, 2.75) is 40.3 Å². The van der Waals surface area contributed by atoms with E-state index in [0.717, 1.165) is 46.8 Å². The molecule has 182 valence electrons. The van der Waals surface area contributed by atoms with Crippen LogP contribution in [0.1, 0.15) is 45.6 Å². The van der Waals surface area contributed by atoms with Crippen molar-refractivity contribution in [3.63, 3.8) is 0 Å². The summed E-state index contributed by atoms with van der Waals surface area (Å²) in [4.78, 5) is 27.5. The number of amides is 1. The molecular formula is C26H30N6O2S. The molecule has 5 rings (SSSR count). The predicted octanol–water partition coefficient (Wildman–Crippen LogP) is 4.52. The van der Waals surface area contributed by atoms with Crippen LogP contribution in [-0.4, -0.2) is 52.0 Å². The SMILES string of the molecule is Cc1cc(-c2cc(C(=O)NCc3ccnc(N4CCOCC4)c3)c3cnn(C(C)C)c3n2)c(C)s1. The number of morpholine rings is 1. The Balaban J connectivity index is 1.45. The van der Waals surface area contributed by atoms with Crippen LogP contribution in [0.2, 0.25) is 0 Å². The number of fused-ring (bicyclic) bond motifs is 1. The second-order valence-corrected chi connectivity index (χ2v) is 10.6. The molecule has 4 aromatic heterocycles. The Morgan fingerprint density at radius 2 is 2.00 bits per heavy atom. The Bertz CT molecular complexity index is 1370. The molecule has 35 heavy (non-hydrogen) atoms. The number of nitrogens with one attached hydrogen (secondary N) is 1. The summed E-state index contributed by atoms with van der Waals surface area (Å²) in [5, 5.41) is 8.39. The summed E-state index contributed by atoms with van der Waals surface area (Å²) in [6.07, 6.45) is 3.54. The molecule has 9 heteroatoms. The fourth-order valence-corrected chi connectivity index (χ4v) is 5.35. The second kappa shape index (κ2) is 9.75. The van der Waals surface area contributed by atoms with Gasteiger partial charge in [-0.15, -0.1) is 11.3 Å². The van der Waals surface area contributed by atoms with Crippen molar-refractivity contribution in [1.29, 1.82) is 0 Å². The lowest BCUT2D eigenvalue weighted by Gasteiger charge is -2.28. The summed E-state index contributed by atoms with van der Waals surface area (Å²) in [6, 6.07) is 8.13. The van der Waals surface area contributed by atoms with Crippen LogP contribution in [0, 0.1) is 13.8 Å². The van der Waals surface area contributed by atoms with Gasteiger partial charge in [0.25, 0.3) is 5.91 Å². The van der Waals surface area contributed by atoms with Crippen LogP contribution in [0.15, 0.2) is 36.7 Å². The van der Waals surface area contributed by atoms with E-state index in [1.165, 1.54) is 9.75 Å². The standard InChI is InChI=1S/C26H30N6O2S/c1-16(2)32-25-22(15-29-32)21(13-23(30-25)20-11-17(3)35-18(20)4)26(33)28-14-19-5-6-27-24(12-19)31-7-9-34-10-8-31/h5-6,11-13,15-16H,7-10,14H2,1-4H3,(H,28,33). The quantitative estimate of drug-likeness (QED) is 0.428. The Labute approximate surface area is 209 Å². The fourth-order valence-electron chi connectivity index (χ4n) is 4.42. The van der Waals surface area contributed by atoms with E-state index >= 15 is 0 Å². The number of carbonyl (C=O) groups is 1. The lowest BCUT2D eigenvalue weighted by Crippen LogP contribution is -2.36. The monoisotopic (exact) mass is 490 g/mol. The Morgan fingerprint density at radius 3 is 2.71 bits per heavy atom. The topological polar surface area (TPSA) is 85.2 Å². The van der Waals surface area contributed by atoms with Crippen molar-refractivity contribution in [2.24, 2.45) is 0 Å². The van der Waals surface area contributed by atoms with Crippen LogP contribution in [0.25, 0.3) is 22.3 Å². The third kappa shape index (κ3) is 4.78. The van der Waals surface area contributed by atoms with Gasteiger partial charge in [0.1, 0.15) is 5.82 Å². The number of hydrogen-bond donors (Lipinski definition) is 1. The first-order valence-electron chi connectivity index (χ1n) is 11.9. The first-order chi connectivity index (χ1) is 16.9. The van der Waals surface area contributed by atoms with Gasteiger partial charge in [-0.1, -0.05) is 0 Å². The van der Waals surface area contributed by atoms with Gasteiger partial charge in [0.15, 0.2) is 5.65 Å². The molecule has 0 bridgehead atoms. The molecule has 0 radical (unpaired) electrons. The van der Waals surface area contributed by atoms with Gasteiger partial charge in [-0.05, 0) is 57.5 Å². The summed E-state index contributed by atoms with van der Waals surface area (Å²) in [6.45, 7) is 11.8. The van der Waals surface area contributed by atoms with Crippen molar-refractivity contribution >= 4 is 34.1 Å². The molecule has 1 amide bonds. The zero-order valence-electron chi connectivity index (χ0n) is 20.5. The maximum Gasteiger partial charge on any atom is 0.252 e. The van der Waals surface area contributed by atoms with Crippen LogP contribution < -0.4 is 10.2 Å². The molecule has 0 spiro atoms. The lowest BCUT2D eigenvalue weighted by molar-refractivity contribution is 0.0952. The van der Waals surface area contributed by atoms with E-state index in [1.54, 1.807) is 23.7 Å². The number of carbonyl (C=O) groups excluding carboxylic acids is 1. The largest absolute Gasteiger partial charge is 0.378 e. The number of pyridine rings is 2. The molecule has 1 aliphatic rings. The highest BCUT2D eigenvalue weighted by Crippen LogP contribution is 2.32. The minimum absolute atomic E-state index is 0.131. The van der Waals surface area contributed by atoms with Crippen LogP contribution in [0.3, 0.4) is 0 Å². The second-order valence-electron chi connectivity index (χ2n) is 9.11. The molecule has 0 atom stereocenters. The van der Waals surface area contributed by atoms with Gasteiger partial charge in [-0.25, -0.2) is 14.6 Å². The summed E-state index contributed by atoms with van der Waals surface area (Å²) in [5.41, 5.74) is 4.17. The van der Waals surface area contributed by atoms with Crippen LogP contribution in [-0.2, 0) is 11.3 Å². The number of rotatable bonds is 6. The number of thiophene rings is 1. The van der Waals surface area contributed by atoms with Crippen LogP contribution in [0.4, 0.5) is 5.82 Å². The molecule has 1 aliphatic heterocycles. The molecule has 8 nitrogen and oxygen atoms in total. The van der Waals surface area contributed by atoms with Crippen molar-refractivity contribution in [2.75, 3.05) is 31.2 Å². The van der Waals surface area contributed by atoms with Crippen molar-refractivity contribution in [3.05, 3.63) is 57.5 Å². The Morgan fingerprint density at radius 1 is 1.20 bits per heavy atom. The van der Waals surface area contributed by atoms with E-state index in [2.05, 4.69) is 54.1 Å². The Kier molecular flexibility index (Phi) is 6.53. The maximum atomic E-state index is 13.5. The molecule has 1 saturated heterocycles. The third-order valence-electron chi connectivity index (χ3n) is 6.22. The number of hydrogen-bond acceptors (Lipinski definition) is 7. The molecule has 1 fully saturated rings. The Hall–Kier alpha value is -3.30.